The first-order chi connectivity index (χ1) is 11.6. The summed E-state index contributed by atoms with van der Waals surface area (Å²) in [6.07, 6.45) is 3.02. The zero-order chi connectivity index (χ0) is 16.9. The average Bonchev–Trinajstić information content (AvgIpc) is 2.63. The van der Waals surface area contributed by atoms with Crippen molar-refractivity contribution >= 4 is 23.0 Å². The van der Waals surface area contributed by atoms with Gasteiger partial charge in [0.25, 0.3) is 11.6 Å². The van der Waals surface area contributed by atoms with Crippen LogP contribution >= 0.6 is 0 Å². The maximum absolute atomic E-state index is 12.1. The monoisotopic (exact) mass is 327 g/mol. The third-order valence-corrected chi connectivity index (χ3v) is 3.81. The molecule has 0 spiro atoms. The molecule has 1 aromatic carbocycles. The molecule has 1 amide bonds. The fourth-order valence-electron chi connectivity index (χ4n) is 2.62. The van der Waals surface area contributed by atoms with Crippen LogP contribution in [0.4, 0.5) is 17.1 Å². The molecule has 8 heteroatoms. The zero-order valence-electron chi connectivity index (χ0n) is 12.9. The number of nitro groups is 1. The van der Waals surface area contributed by atoms with E-state index in [0.717, 1.165) is 13.1 Å². The van der Waals surface area contributed by atoms with Crippen LogP contribution in [0, 0.1) is 10.1 Å². The van der Waals surface area contributed by atoms with Crippen molar-refractivity contribution in [3.63, 3.8) is 0 Å². The molecular weight excluding hydrogens is 310 g/mol. The molecule has 24 heavy (non-hydrogen) atoms. The van der Waals surface area contributed by atoms with E-state index >= 15 is 0 Å². The quantitative estimate of drug-likeness (QED) is 0.654. The van der Waals surface area contributed by atoms with Gasteiger partial charge in [-0.3, -0.25) is 19.9 Å². The van der Waals surface area contributed by atoms with Gasteiger partial charge in [-0.1, -0.05) is 0 Å². The van der Waals surface area contributed by atoms with Crippen molar-refractivity contribution in [2.75, 3.05) is 36.4 Å². The molecule has 2 N–H and O–H groups in total. The minimum Gasteiger partial charge on any atom is -0.363 e. The van der Waals surface area contributed by atoms with Crippen LogP contribution in [0.3, 0.4) is 0 Å². The van der Waals surface area contributed by atoms with E-state index in [1.165, 1.54) is 12.3 Å². The molecule has 1 aliphatic heterocycles. The predicted octanol–water partition coefficient (Wildman–Crippen LogP) is 1.65. The van der Waals surface area contributed by atoms with Crippen LogP contribution in [0.15, 0.2) is 42.7 Å². The van der Waals surface area contributed by atoms with Crippen LogP contribution in [0.25, 0.3) is 0 Å². The predicted molar refractivity (Wildman–Crippen MR) is 90.4 cm³/mol. The Kier molecular flexibility index (Phi) is 4.66. The summed E-state index contributed by atoms with van der Waals surface area (Å²) >= 11 is 0. The molecule has 1 saturated heterocycles. The van der Waals surface area contributed by atoms with E-state index in [0.29, 0.717) is 30.0 Å². The summed E-state index contributed by atoms with van der Waals surface area (Å²) in [4.78, 5) is 29.0. The summed E-state index contributed by atoms with van der Waals surface area (Å²) in [6, 6.07) is 8.04. The van der Waals surface area contributed by atoms with Gasteiger partial charge < -0.3 is 15.5 Å². The summed E-state index contributed by atoms with van der Waals surface area (Å²) in [5, 5.41) is 17.3. The van der Waals surface area contributed by atoms with Crippen molar-refractivity contribution in [3.8, 4) is 0 Å². The third-order valence-electron chi connectivity index (χ3n) is 3.81. The fraction of sp³-hybridized carbons (Fsp3) is 0.250. The average molecular weight is 327 g/mol. The first-order valence-corrected chi connectivity index (χ1v) is 7.60. The van der Waals surface area contributed by atoms with Crippen LogP contribution in [-0.4, -0.2) is 42.0 Å². The molecule has 1 aliphatic rings. The number of hydrogen-bond acceptors (Lipinski definition) is 6. The summed E-state index contributed by atoms with van der Waals surface area (Å²) in [5.74, 6) is -0.354. The Labute approximate surface area is 138 Å². The third kappa shape index (κ3) is 3.49. The first-order valence-electron chi connectivity index (χ1n) is 7.60. The van der Waals surface area contributed by atoms with E-state index in [2.05, 4.69) is 15.6 Å². The van der Waals surface area contributed by atoms with Gasteiger partial charge in [-0.15, -0.1) is 0 Å². The molecule has 0 atom stereocenters. The molecular formula is C16H17N5O3. The second-order valence-corrected chi connectivity index (χ2v) is 5.39. The number of rotatable bonds is 4. The van der Waals surface area contributed by atoms with Gasteiger partial charge in [0, 0.05) is 50.3 Å². The molecule has 2 heterocycles. The highest BCUT2D eigenvalue weighted by molar-refractivity contribution is 6.04. The Balaban J connectivity index is 1.83. The molecule has 124 valence electrons. The Bertz CT molecular complexity index is 745. The SMILES string of the molecule is O=C(Nc1ccc(N2CCNCC2)c([N+](=O)[O-])c1)c1cccnc1. The van der Waals surface area contributed by atoms with Crippen molar-refractivity contribution in [1.82, 2.24) is 10.3 Å². The van der Waals surface area contributed by atoms with E-state index < -0.39 is 4.92 Å². The van der Waals surface area contributed by atoms with Crippen LogP contribution in [0.2, 0.25) is 0 Å². The van der Waals surface area contributed by atoms with Crippen LogP contribution in [0.5, 0.6) is 0 Å². The van der Waals surface area contributed by atoms with E-state index in [-0.39, 0.29) is 11.6 Å². The number of nitrogens with zero attached hydrogens (tertiary/aromatic N) is 3. The van der Waals surface area contributed by atoms with Gasteiger partial charge in [0.2, 0.25) is 0 Å². The second-order valence-electron chi connectivity index (χ2n) is 5.39. The largest absolute Gasteiger partial charge is 0.363 e. The number of piperazine rings is 1. The number of hydrogen-bond donors (Lipinski definition) is 2. The normalized spacial score (nSPS) is 14.2. The van der Waals surface area contributed by atoms with Crippen LogP contribution in [0.1, 0.15) is 10.4 Å². The molecule has 2 aromatic rings. The number of carbonyl (C=O) groups is 1. The van der Waals surface area contributed by atoms with Gasteiger partial charge in [-0.05, 0) is 24.3 Å². The van der Waals surface area contributed by atoms with Crippen LogP contribution < -0.4 is 15.5 Å². The molecule has 0 aliphatic carbocycles. The number of pyridine rings is 1. The Morgan fingerprint density at radius 1 is 1.29 bits per heavy atom. The Hall–Kier alpha value is -3.00. The summed E-state index contributed by atoms with van der Waals surface area (Å²) in [5.41, 5.74) is 1.34. The molecule has 0 bridgehead atoms. The number of nitro benzene ring substituents is 1. The van der Waals surface area contributed by atoms with Gasteiger partial charge in [0.1, 0.15) is 5.69 Å². The minimum atomic E-state index is -0.420. The van der Waals surface area contributed by atoms with E-state index in [9.17, 15) is 14.9 Å². The van der Waals surface area contributed by atoms with Crippen molar-refractivity contribution in [2.45, 2.75) is 0 Å². The number of anilines is 2. The molecule has 0 unspecified atom stereocenters. The van der Waals surface area contributed by atoms with E-state index in [4.69, 9.17) is 0 Å². The highest BCUT2D eigenvalue weighted by Gasteiger charge is 2.22. The van der Waals surface area contributed by atoms with Gasteiger partial charge in [-0.25, -0.2) is 0 Å². The molecule has 3 rings (SSSR count). The lowest BCUT2D eigenvalue weighted by atomic mass is 10.2. The second kappa shape index (κ2) is 7.05. The smallest absolute Gasteiger partial charge is 0.294 e. The van der Waals surface area contributed by atoms with Gasteiger partial charge >= 0.3 is 0 Å². The van der Waals surface area contributed by atoms with E-state index in [1.54, 1.807) is 30.5 Å². The molecule has 0 radical (unpaired) electrons. The Morgan fingerprint density at radius 3 is 2.75 bits per heavy atom. The van der Waals surface area contributed by atoms with Crippen molar-refractivity contribution in [3.05, 3.63) is 58.4 Å². The summed E-state index contributed by atoms with van der Waals surface area (Å²) in [6.45, 7) is 3.00. The van der Waals surface area contributed by atoms with Crippen LogP contribution in [-0.2, 0) is 0 Å². The van der Waals surface area contributed by atoms with Crippen molar-refractivity contribution in [2.24, 2.45) is 0 Å². The summed E-state index contributed by atoms with van der Waals surface area (Å²) in [7, 11) is 0. The minimum absolute atomic E-state index is 0.0131. The molecule has 0 saturated carbocycles. The number of aromatic nitrogens is 1. The zero-order valence-corrected chi connectivity index (χ0v) is 12.9. The topological polar surface area (TPSA) is 100 Å². The van der Waals surface area contributed by atoms with Gasteiger partial charge in [-0.2, -0.15) is 0 Å². The van der Waals surface area contributed by atoms with Gasteiger partial charge in [0.15, 0.2) is 0 Å². The maximum Gasteiger partial charge on any atom is 0.294 e. The van der Waals surface area contributed by atoms with Crippen molar-refractivity contribution in [1.29, 1.82) is 0 Å². The number of amides is 1. The summed E-state index contributed by atoms with van der Waals surface area (Å²) < 4.78 is 0. The lowest BCUT2D eigenvalue weighted by Crippen LogP contribution is -2.43. The highest BCUT2D eigenvalue weighted by Crippen LogP contribution is 2.31. The molecule has 1 aromatic heterocycles. The number of nitrogens with one attached hydrogen (secondary N) is 2. The number of benzene rings is 1. The van der Waals surface area contributed by atoms with Crippen molar-refractivity contribution < 1.29 is 9.72 Å². The molecule has 1 fully saturated rings. The standard InChI is InChI=1S/C16H17N5O3/c22-16(12-2-1-5-18-11-12)19-13-3-4-14(15(10-13)21(23)24)20-8-6-17-7-9-20/h1-5,10-11,17H,6-9H2,(H,19,22). The molecule has 8 nitrogen and oxygen atoms in total. The fourth-order valence-corrected chi connectivity index (χ4v) is 2.62. The number of carbonyl (C=O) groups excluding carboxylic acids is 1. The van der Waals surface area contributed by atoms with E-state index in [1.807, 2.05) is 4.90 Å². The maximum atomic E-state index is 12.1. The van der Waals surface area contributed by atoms with Gasteiger partial charge in [0.05, 0.1) is 10.5 Å². The first kappa shape index (κ1) is 15.9. The Morgan fingerprint density at radius 2 is 2.08 bits per heavy atom. The lowest BCUT2D eigenvalue weighted by Gasteiger charge is -2.29. The highest BCUT2D eigenvalue weighted by atomic mass is 16.6. The lowest BCUT2D eigenvalue weighted by molar-refractivity contribution is -0.384.